The predicted molar refractivity (Wildman–Crippen MR) is 123 cm³/mol. The number of unbranched alkanes of at least 4 members (excludes halogenated alkanes) is 1. The zero-order chi connectivity index (χ0) is 24.8. The average molecular weight is 486 g/mol. The molecule has 1 spiro atoms. The number of aliphatic hydroxyl groups is 1. The fraction of sp³-hybridized carbons (Fsp3) is 0.625. The van der Waals surface area contributed by atoms with E-state index in [1.54, 1.807) is 11.6 Å². The molecule has 3 aliphatic rings. The van der Waals surface area contributed by atoms with Crippen molar-refractivity contribution in [2.75, 3.05) is 19.8 Å². The van der Waals surface area contributed by atoms with Crippen molar-refractivity contribution in [3.63, 3.8) is 0 Å². The molecule has 1 aromatic carbocycles. The minimum Gasteiger partial charge on any atom is -0.466 e. The van der Waals surface area contributed by atoms with Crippen LogP contribution in [0.3, 0.4) is 0 Å². The summed E-state index contributed by atoms with van der Waals surface area (Å²) in [7, 11) is 0. The van der Waals surface area contributed by atoms with Gasteiger partial charge in [-0.1, -0.05) is 17.3 Å². The first-order valence-electron chi connectivity index (χ1n) is 12.2. The van der Waals surface area contributed by atoms with E-state index in [0.717, 1.165) is 5.52 Å². The summed E-state index contributed by atoms with van der Waals surface area (Å²) in [6, 6.07) is 6.54. The van der Waals surface area contributed by atoms with Crippen molar-refractivity contribution in [2.45, 2.75) is 63.4 Å². The number of aromatic nitrogens is 3. The molecule has 5 rings (SSSR count). The standard InChI is InChI=1S/C24H31N5O6/c1-3-34-22(33)18-17-21(32)28(12-6-7-13-30)19(24(17)11-10-23(18,2)35-24)20(31)25-14-29-16-9-5-4-8-15(16)26-27-29/h4-5,8-9,17-19,30H,3,6-7,10-14H2,1-2H3,(H,25,31)/t17-,18+,19?,23-,24?/m0/s1. The largest absolute Gasteiger partial charge is 0.466 e. The smallest absolute Gasteiger partial charge is 0.312 e. The number of nitrogens with zero attached hydrogens (tertiary/aromatic N) is 4. The Morgan fingerprint density at radius 2 is 2.09 bits per heavy atom. The van der Waals surface area contributed by atoms with Gasteiger partial charge in [-0.3, -0.25) is 14.4 Å². The average Bonchev–Trinajstić information content (AvgIpc) is 3.54. The van der Waals surface area contributed by atoms with E-state index in [9.17, 15) is 19.5 Å². The fourth-order valence-corrected chi connectivity index (χ4v) is 6.23. The van der Waals surface area contributed by atoms with E-state index in [2.05, 4.69) is 15.6 Å². The number of aliphatic hydroxyl groups excluding tert-OH is 1. The van der Waals surface area contributed by atoms with Crippen LogP contribution in [-0.2, 0) is 30.5 Å². The molecule has 2 aromatic rings. The highest BCUT2D eigenvalue weighted by Gasteiger charge is 2.78. The second kappa shape index (κ2) is 8.87. The highest BCUT2D eigenvalue weighted by molar-refractivity contribution is 5.98. The molecule has 0 aliphatic carbocycles. The summed E-state index contributed by atoms with van der Waals surface area (Å²) in [4.78, 5) is 41.9. The normalized spacial score (nSPS) is 31.2. The highest BCUT2D eigenvalue weighted by atomic mass is 16.6. The lowest BCUT2D eigenvalue weighted by Gasteiger charge is -2.33. The number of likely N-dealkylation sites (tertiary alicyclic amines) is 1. The van der Waals surface area contributed by atoms with E-state index in [-0.39, 0.29) is 38.2 Å². The fourth-order valence-electron chi connectivity index (χ4n) is 6.23. The molecule has 35 heavy (non-hydrogen) atoms. The zero-order valence-corrected chi connectivity index (χ0v) is 20.0. The van der Waals surface area contributed by atoms with Crippen molar-refractivity contribution in [2.24, 2.45) is 11.8 Å². The number of hydrogen-bond donors (Lipinski definition) is 2. The summed E-state index contributed by atoms with van der Waals surface area (Å²) in [5, 5.41) is 20.4. The van der Waals surface area contributed by atoms with Gasteiger partial charge in [0.05, 0.1) is 23.6 Å². The molecule has 2 amide bonds. The van der Waals surface area contributed by atoms with Crippen LogP contribution in [0.5, 0.6) is 0 Å². The number of esters is 1. The van der Waals surface area contributed by atoms with Crippen LogP contribution in [0.25, 0.3) is 11.0 Å². The maximum Gasteiger partial charge on any atom is 0.312 e. The van der Waals surface area contributed by atoms with Gasteiger partial charge in [0.15, 0.2) is 0 Å². The summed E-state index contributed by atoms with van der Waals surface area (Å²) in [5.41, 5.74) is -0.467. The number of amides is 2. The number of carbonyl (C=O) groups excluding carboxylic acids is 3. The van der Waals surface area contributed by atoms with Crippen molar-refractivity contribution < 1.29 is 29.0 Å². The van der Waals surface area contributed by atoms with E-state index < -0.39 is 35.0 Å². The van der Waals surface area contributed by atoms with Crippen LogP contribution >= 0.6 is 0 Å². The van der Waals surface area contributed by atoms with E-state index in [1.807, 2.05) is 31.2 Å². The Balaban J connectivity index is 1.44. The lowest BCUT2D eigenvalue weighted by Crippen LogP contribution is -2.55. The van der Waals surface area contributed by atoms with Gasteiger partial charge >= 0.3 is 5.97 Å². The second-order valence-corrected chi connectivity index (χ2v) is 9.72. The lowest BCUT2D eigenvalue weighted by atomic mass is 9.66. The van der Waals surface area contributed by atoms with E-state index in [0.29, 0.717) is 31.2 Å². The molecule has 2 N–H and O–H groups in total. The Hall–Kier alpha value is -3.05. The van der Waals surface area contributed by atoms with Crippen molar-refractivity contribution in [1.82, 2.24) is 25.2 Å². The van der Waals surface area contributed by atoms with Crippen LogP contribution in [0.15, 0.2) is 24.3 Å². The third-order valence-electron chi connectivity index (χ3n) is 7.70. The Kier molecular flexibility index (Phi) is 6.00. The zero-order valence-electron chi connectivity index (χ0n) is 20.0. The number of rotatable bonds is 9. The first-order valence-corrected chi connectivity index (χ1v) is 12.2. The highest BCUT2D eigenvalue weighted by Crippen LogP contribution is 2.63. The molecule has 3 aliphatic heterocycles. The van der Waals surface area contributed by atoms with Gasteiger partial charge in [-0.25, -0.2) is 4.68 Å². The number of nitrogens with one attached hydrogen (secondary N) is 1. The predicted octanol–water partition coefficient (Wildman–Crippen LogP) is 0.605. The van der Waals surface area contributed by atoms with Gasteiger partial charge in [-0.15, -0.1) is 5.10 Å². The number of ether oxygens (including phenoxy) is 2. The van der Waals surface area contributed by atoms with Gasteiger partial charge in [0.25, 0.3) is 0 Å². The van der Waals surface area contributed by atoms with Crippen LogP contribution in [0.4, 0.5) is 0 Å². The molecule has 2 bridgehead atoms. The van der Waals surface area contributed by atoms with Gasteiger partial charge in [-0.2, -0.15) is 0 Å². The molecule has 3 fully saturated rings. The van der Waals surface area contributed by atoms with Gasteiger partial charge in [0.2, 0.25) is 11.8 Å². The molecule has 11 nitrogen and oxygen atoms in total. The van der Waals surface area contributed by atoms with Gasteiger partial charge in [0, 0.05) is 13.2 Å². The maximum atomic E-state index is 13.7. The maximum absolute atomic E-state index is 13.7. The first-order chi connectivity index (χ1) is 16.9. The lowest BCUT2D eigenvalue weighted by molar-refractivity contribution is -0.159. The van der Waals surface area contributed by atoms with Crippen LogP contribution in [-0.4, -0.2) is 79.8 Å². The Morgan fingerprint density at radius 3 is 2.86 bits per heavy atom. The molecule has 3 saturated heterocycles. The number of fused-ring (bicyclic) bond motifs is 2. The van der Waals surface area contributed by atoms with Crippen molar-refractivity contribution in [3.05, 3.63) is 24.3 Å². The van der Waals surface area contributed by atoms with E-state index >= 15 is 0 Å². The molecular formula is C24H31N5O6. The molecule has 0 radical (unpaired) electrons. The minimum atomic E-state index is -1.10. The third-order valence-corrected chi connectivity index (χ3v) is 7.70. The quantitative estimate of drug-likeness (QED) is 0.389. The molecule has 5 atom stereocenters. The Morgan fingerprint density at radius 1 is 1.29 bits per heavy atom. The van der Waals surface area contributed by atoms with Crippen molar-refractivity contribution in [1.29, 1.82) is 0 Å². The number of para-hydroxylation sites is 1. The van der Waals surface area contributed by atoms with Crippen molar-refractivity contribution >= 4 is 28.8 Å². The number of benzene rings is 1. The van der Waals surface area contributed by atoms with Gasteiger partial charge in [0.1, 0.15) is 29.7 Å². The van der Waals surface area contributed by atoms with Crippen LogP contribution < -0.4 is 5.32 Å². The molecule has 1 aromatic heterocycles. The summed E-state index contributed by atoms with van der Waals surface area (Å²) < 4.78 is 13.4. The van der Waals surface area contributed by atoms with E-state index in [1.165, 1.54) is 4.90 Å². The SMILES string of the molecule is CCOC(=O)[C@H]1[C@H]2C(=O)N(CCCCO)C(C(=O)NCn3nnc4ccccc43)C23CC[C@]1(C)O3. The Labute approximate surface area is 202 Å². The van der Waals surface area contributed by atoms with Crippen LogP contribution in [0, 0.1) is 11.8 Å². The topological polar surface area (TPSA) is 136 Å². The summed E-state index contributed by atoms with van der Waals surface area (Å²) in [5.74, 6) is -2.63. The van der Waals surface area contributed by atoms with Crippen molar-refractivity contribution in [3.8, 4) is 0 Å². The molecule has 11 heteroatoms. The van der Waals surface area contributed by atoms with Crippen LogP contribution in [0.2, 0.25) is 0 Å². The number of carbonyl (C=O) groups is 3. The summed E-state index contributed by atoms with van der Waals surface area (Å²) in [6.45, 7) is 4.13. The molecule has 0 saturated carbocycles. The van der Waals surface area contributed by atoms with Gasteiger partial charge in [-0.05, 0) is 51.7 Å². The third kappa shape index (κ3) is 3.59. The number of hydrogen-bond acceptors (Lipinski definition) is 8. The molecule has 4 heterocycles. The van der Waals surface area contributed by atoms with E-state index in [4.69, 9.17) is 9.47 Å². The second-order valence-electron chi connectivity index (χ2n) is 9.72. The Bertz CT molecular complexity index is 1150. The van der Waals surface area contributed by atoms with Gasteiger partial charge < -0.3 is 24.8 Å². The minimum absolute atomic E-state index is 0.00708. The molecule has 2 unspecified atom stereocenters. The summed E-state index contributed by atoms with van der Waals surface area (Å²) >= 11 is 0. The van der Waals surface area contributed by atoms with Crippen LogP contribution in [0.1, 0.15) is 39.5 Å². The molecule has 188 valence electrons. The molecular weight excluding hydrogens is 454 g/mol. The summed E-state index contributed by atoms with van der Waals surface area (Å²) in [6.07, 6.45) is 2.09. The first kappa shape index (κ1) is 23.7. The monoisotopic (exact) mass is 485 g/mol.